The number of Topliss-reactive ketones (excluding diaryl/α,β-unsaturated/α-hetero) is 1. The molecular formula is C19H28O11. The van der Waals surface area contributed by atoms with Crippen LogP contribution in [0.1, 0.15) is 15.9 Å². The van der Waals surface area contributed by atoms with Gasteiger partial charge in [0.05, 0.1) is 39.1 Å². The number of aliphatic hydroxyl groups is 7. The topological polar surface area (TPSA) is 194 Å². The largest absolute Gasteiger partial charge is 0.492 e. The summed E-state index contributed by atoms with van der Waals surface area (Å²) in [5.74, 6) is -2.25. The Kier molecular flexibility index (Phi) is 13.4. The van der Waals surface area contributed by atoms with Gasteiger partial charge in [-0.2, -0.15) is 0 Å². The molecule has 1 rings (SSSR count). The third-order valence-corrected chi connectivity index (χ3v) is 3.58. The number of methoxy groups -OCH3 is 1. The van der Waals surface area contributed by atoms with Crippen LogP contribution in [0.4, 0.5) is 0 Å². The number of carbonyl (C=O) groups excluding carboxylic acids is 2. The molecule has 0 radical (unpaired) electrons. The number of ether oxygens (including phenoxy) is 2. The number of aliphatic hydroxyl groups excluding tert-OH is 7. The summed E-state index contributed by atoms with van der Waals surface area (Å²) < 4.78 is 10.1. The van der Waals surface area contributed by atoms with Gasteiger partial charge in [-0.15, -0.1) is 6.58 Å². The number of rotatable bonds is 11. The van der Waals surface area contributed by atoms with Crippen molar-refractivity contribution in [3.8, 4) is 11.5 Å². The van der Waals surface area contributed by atoms with E-state index in [0.717, 1.165) is 0 Å². The molecule has 0 bridgehead atoms. The maximum atomic E-state index is 12.3. The summed E-state index contributed by atoms with van der Waals surface area (Å²) in [6.07, 6.45) is -2.58. The summed E-state index contributed by atoms with van der Waals surface area (Å²) in [5.41, 5.74) is 0.379. The second-order valence-corrected chi connectivity index (χ2v) is 5.82. The van der Waals surface area contributed by atoms with E-state index in [1.165, 1.54) is 25.3 Å². The summed E-state index contributed by atoms with van der Waals surface area (Å²) in [6.45, 7) is 1.23. The van der Waals surface area contributed by atoms with Gasteiger partial charge in [-0.1, -0.05) is 12.1 Å². The van der Waals surface area contributed by atoms with Crippen molar-refractivity contribution in [2.75, 3.05) is 33.5 Å². The lowest BCUT2D eigenvalue weighted by Gasteiger charge is -2.18. The minimum atomic E-state index is -1.75. The molecule has 0 saturated carbocycles. The molecule has 0 heterocycles. The fourth-order valence-electron chi connectivity index (χ4n) is 2.04. The summed E-state index contributed by atoms with van der Waals surface area (Å²) in [6, 6.07) is 2.82. The molecule has 0 fully saturated rings. The first kappa shape index (κ1) is 27.6. The zero-order valence-corrected chi connectivity index (χ0v) is 16.5. The van der Waals surface area contributed by atoms with Crippen molar-refractivity contribution in [2.45, 2.75) is 24.7 Å². The van der Waals surface area contributed by atoms with Crippen LogP contribution in [-0.2, 0) is 11.2 Å². The molecule has 11 nitrogen and oxygen atoms in total. The van der Waals surface area contributed by atoms with Gasteiger partial charge >= 0.3 is 5.97 Å². The molecule has 0 aliphatic rings. The highest BCUT2D eigenvalue weighted by atomic mass is 16.6. The van der Waals surface area contributed by atoms with Crippen LogP contribution in [0.5, 0.6) is 11.5 Å². The summed E-state index contributed by atoms with van der Waals surface area (Å²) >= 11 is 0. The molecule has 0 spiro atoms. The standard InChI is InChI=1S/C16H20O8.C3H8O3/c1-3-4-9-5-6-12(24-16(22)11(20)8-18)15(23-2)13(9)14(21)10(19)7-17;4-1-3(6)2-5/h3,5-6,10-11,17-20H,1,4,7-8H2,2H3;3-6H,1-2H2. The van der Waals surface area contributed by atoms with Crippen molar-refractivity contribution < 1.29 is 54.8 Å². The molecule has 1 aromatic carbocycles. The van der Waals surface area contributed by atoms with Crippen LogP contribution in [0, 0.1) is 0 Å². The van der Waals surface area contributed by atoms with Crippen LogP contribution >= 0.6 is 0 Å². The van der Waals surface area contributed by atoms with Crippen LogP contribution in [0.15, 0.2) is 24.8 Å². The van der Waals surface area contributed by atoms with Crippen molar-refractivity contribution >= 4 is 11.8 Å². The predicted octanol–water partition coefficient (Wildman–Crippen LogP) is -2.45. The van der Waals surface area contributed by atoms with Crippen molar-refractivity contribution in [2.24, 2.45) is 0 Å². The van der Waals surface area contributed by atoms with Gasteiger partial charge in [0.2, 0.25) is 0 Å². The fraction of sp³-hybridized carbons (Fsp3) is 0.474. The van der Waals surface area contributed by atoms with E-state index < -0.39 is 43.3 Å². The Morgan fingerprint density at radius 3 is 1.97 bits per heavy atom. The second-order valence-electron chi connectivity index (χ2n) is 5.82. The number of esters is 1. The van der Waals surface area contributed by atoms with Crippen LogP contribution in [0.3, 0.4) is 0 Å². The normalized spacial score (nSPS) is 12.4. The van der Waals surface area contributed by atoms with Gasteiger partial charge in [-0.25, -0.2) is 4.79 Å². The highest BCUT2D eigenvalue weighted by Gasteiger charge is 2.27. The zero-order valence-electron chi connectivity index (χ0n) is 16.5. The van der Waals surface area contributed by atoms with E-state index in [1.54, 1.807) is 0 Å². The van der Waals surface area contributed by atoms with E-state index in [9.17, 15) is 19.8 Å². The molecule has 2 unspecified atom stereocenters. The third kappa shape index (κ3) is 8.16. The molecule has 11 heteroatoms. The fourth-order valence-corrected chi connectivity index (χ4v) is 2.04. The zero-order chi connectivity index (χ0) is 23.3. The van der Waals surface area contributed by atoms with Gasteiger partial charge in [0.15, 0.2) is 23.4 Å². The highest BCUT2D eigenvalue weighted by molar-refractivity contribution is 6.04. The molecule has 30 heavy (non-hydrogen) atoms. The van der Waals surface area contributed by atoms with Crippen molar-refractivity contribution in [1.29, 1.82) is 0 Å². The second kappa shape index (κ2) is 14.6. The van der Waals surface area contributed by atoms with Gasteiger partial charge in [-0.05, 0) is 18.1 Å². The Balaban J connectivity index is 0.00000122. The molecular weight excluding hydrogens is 404 g/mol. The molecule has 170 valence electrons. The molecule has 0 aliphatic heterocycles. The SMILES string of the molecule is C=CCc1ccc(OC(=O)C(O)CO)c(OC)c1C(=O)C(O)CO.OCC(O)CO. The molecule has 0 aliphatic carbocycles. The van der Waals surface area contributed by atoms with Gasteiger partial charge < -0.3 is 45.2 Å². The molecule has 7 N–H and O–H groups in total. The van der Waals surface area contributed by atoms with E-state index in [0.29, 0.717) is 5.56 Å². The van der Waals surface area contributed by atoms with E-state index in [-0.39, 0.29) is 36.7 Å². The Hall–Kier alpha value is -2.38. The van der Waals surface area contributed by atoms with E-state index in [1.807, 2.05) is 0 Å². The van der Waals surface area contributed by atoms with Crippen molar-refractivity contribution in [3.63, 3.8) is 0 Å². The van der Waals surface area contributed by atoms with Gasteiger partial charge in [0.25, 0.3) is 0 Å². The van der Waals surface area contributed by atoms with Gasteiger partial charge in [0, 0.05) is 0 Å². The average molecular weight is 432 g/mol. The van der Waals surface area contributed by atoms with Crippen LogP contribution in [0.2, 0.25) is 0 Å². The molecule has 2 atom stereocenters. The lowest BCUT2D eigenvalue weighted by atomic mass is 9.96. The van der Waals surface area contributed by atoms with Gasteiger partial charge in [-0.3, -0.25) is 4.79 Å². The lowest BCUT2D eigenvalue weighted by Crippen LogP contribution is -2.29. The van der Waals surface area contributed by atoms with E-state index >= 15 is 0 Å². The minimum absolute atomic E-state index is 0.0669. The van der Waals surface area contributed by atoms with E-state index in [2.05, 4.69) is 6.58 Å². The minimum Gasteiger partial charge on any atom is -0.492 e. The highest BCUT2D eigenvalue weighted by Crippen LogP contribution is 2.35. The smallest absolute Gasteiger partial charge is 0.342 e. The molecule has 0 aromatic heterocycles. The number of benzene rings is 1. The van der Waals surface area contributed by atoms with Crippen LogP contribution in [0.25, 0.3) is 0 Å². The maximum Gasteiger partial charge on any atom is 0.342 e. The van der Waals surface area contributed by atoms with Crippen molar-refractivity contribution in [3.05, 3.63) is 35.9 Å². The van der Waals surface area contributed by atoms with Crippen molar-refractivity contribution in [1.82, 2.24) is 0 Å². The Morgan fingerprint density at radius 2 is 1.57 bits per heavy atom. The van der Waals surface area contributed by atoms with E-state index in [4.69, 9.17) is 35.0 Å². The Morgan fingerprint density at radius 1 is 1.00 bits per heavy atom. The molecule has 1 aromatic rings. The first-order chi connectivity index (χ1) is 14.2. The van der Waals surface area contributed by atoms with Crippen LogP contribution in [-0.4, -0.2) is 99.3 Å². The number of carbonyl (C=O) groups is 2. The monoisotopic (exact) mass is 432 g/mol. The van der Waals surface area contributed by atoms with Crippen LogP contribution < -0.4 is 9.47 Å². The number of ketones is 1. The predicted molar refractivity (Wildman–Crippen MR) is 103 cm³/mol. The van der Waals surface area contributed by atoms with Gasteiger partial charge in [0.1, 0.15) is 12.2 Å². The Bertz CT molecular complexity index is 685. The quantitative estimate of drug-likeness (QED) is 0.0849. The number of hydrogen-bond acceptors (Lipinski definition) is 11. The number of hydrogen-bond donors (Lipinski definition) is 7. The first-order valence-electron chi connectivity index (χ1n) is 8.76. The summed E-state index contributed by atoms with van der Waals surface area (Å²) in [5, 5.41) is 60.7. The summed E-state index contributed by atoms with van der Waals surface area (Å²) in [7, 11) is 1.23. The Labute approximate surface area is 173 Å². The molecule has 0 saturated heterocycles. The summed E-state index contributed by atoms with van der Waals surface area (Å²) in [4.78, 5) is 23.9. The maximum absolute atomic E-state index is 12.3. The first-order valence-corrected chi connectivity index (χ1v) is 8.76. The lowest BCUT2D eigenvalue weighted by molar-refractivity contribution is -0.145. The average Bonchev–Trinajstić information content (AvgIpc) is 2.77. The number of allylic oxidation sites excluding steroid dienone is 1. The third-order valence-electron chi connectivity index (χ3n) is 3.58. The molecule has 0 amide bonds.